The molecule has 0 atom stereocenters. The van der Waals surface area contributed by atoms with Crippen molar-refractivity contribution < 1.29 is 9.47 Å². The summed E-state index contributed by atoms with van der Waals surface area (Å²) in [6, 6.07) is 5.89. The fourth-order valence-corrected chi connectivity index (χ4v) is 2.28. The highest BCUT2D eigenvalue weighted by molar-refractivity contribution is 5.51. The lowest BCUT2D eigenvalue weighted by atomic mass is 10.0. The summed E-state index contributed by atoms with van der Waals surface area (Å²) in [6.07, 6.45) is 4.06. The molecule has 0 amide bonds. The Morgan fingerprint density at radius 1 is 1.30 bits per heavy atom. The molecular weight excluding hydrogens is 254 g/mol. The third kappa shape index (κ3) is 2.44. The van der Waals surface area contributed by atoms with Crippen molar-refractivity contribution >= 4 is 0 Å². The average Bonchev–Trinajstić information content (AvgIpc) is 2.75. The van der Waals surface area contributed by atoms with Gasteiger partial charge in [-0.15, -0.1) is 0 Å². The van der Waals surface area contributed by atoms with Crippen molar-refractivity contribution in [2.24, 2.45) is 5.73 Å². The Hall–Kier alpha value is -2.14. The van der Waals surface area contributed by atoms with E-state index in [4.69, 9.17) is 15.2 Å². The van der Waals surface area contributed by atoms with Gasteiger partial charge < -0.3 is 15.2 Å². The van der Waals surface area contributed by atoms with Crippen LogP contribution in [0.3, 0.4) is 0 Å². The lowest BCUT2D eigenvalue weighted by molar-refractivity contribution is 0.135. The largest absolute Gasteiger partial charge is 0.483 e. The fraction of sp³-hybridized carbons (Fsp3) is 0.333. The van der Waals surface area contributed by atoms with Crippen molar-refractivity contribution in [3.8, 4) is 17.4 Å². The maximum absolute atomic E-state index is 5.95. The predicted octanol–water partition coefficient (Wildman–Crippen LogP) is 2.44. The van der Waals surface area contributed by atoms with Gasteiger partial charge >= 0.3 is 0 Å². The van der Waals surface area contributed by atoms with Crippen LogP contribution in [0.2, 0.25) is 0 Å². The van der Waals surface area contributed by atoms with E-state index in [2.05, 4.69) is 29.9 Å². The number of hydrogen-bond donors (Lipinski definition) is 1. The molecule has 0 radical (unpaired) electrons. The van der Waals surface area contributed by atoms with Crippen LogP contribution in [0.25, 0.3) is 0 Å². The number of fused-ring (bicyclic) bond motifs is 1. The van der Waals surface area contributed by atoms with Crippen LogP contribution in [0, 0.1) is 0 Å². The Kier molecular flexibility index (Phi) is 3.06. The first kappa shape index (κ1) is 12.9. The molecule has 1 aromatic carbocycles. The Labute approximate surface area is 117 Å². The van der Waals surface area contributed by atoms with Crippen LogP contribution in [-0.4, -0.2) is 15.6 Å². The number of rotatable bonds is 3. The van der Waals surface area contributed by atoms with E-state index < -0.39 is 0 Å². The molecule has 20 heavy (non-hydrogen) atoms. The van der Waals surface area contributed by atoms with E-state index in [-0.39, 0.29) is 5.60 Å². The van der Waals surface area contributed by atoms with Gasteiger partial charge in [-0.05, 0) is 19.9 Å². The number of aromatic nitrogens is 2. The normalized spacial score (nSPS) is 15.6. The minimum Gasteiger partial charge on any atom is -0.483 e. The van der Waals surface area contributed by atoms with Crippen LogP contribution < -0.4 is 15.2 Å². The van der Waals surface area contributed by atoms with Crippen LogP contribution >= 0.6 is 0 Å². The van der Waals surface area contributed by atoms with E-state index in [1.165, 1.54) is 0 Å². The van der Waals surface area contributed by atoms with Crippen LogP contribution in [0.15, 0.2) is 30.6 Å². The molecule has 0 bridgehead atoms. The van der Waals surface area contributed by atoms with E-state index in [0.717, 1.165) is 23.4 Å². The summed E-state index contributed by atoms with van der Waals surface area (Å²) in [6.45, 7) is 4.49. The highest BCUT2D eigenvalue weighted by Gasteiger charge is 2.32. The van der Waals surface area contributed by atoms with Gasteiger partial charge in [-0.2, -0.15) is 0 Å². The maximum atomic E-state index is 5.95. The third-order valence-electron chi connectivity index (χ3n) is 3.16. The van der Waals surface area contributed by atoms with E-state index in [9.17, 15) is 0 Å². The van der Waals surface area contributed by atoms with Gasteiger partial charge in [0.1, 0.15) is 5.60 Å². The van der Waals surface area contributed by atoms with Crippen molar-refractivity contribution in [1.29, 1.82) is 0 Å². The molecule has 3 rings (SSSR count). The van der Waals surface area contributed by atoms with Gasteiger partial charge in [0.15, 0.2) is 11.5 Å². The predicted molar refractivity (Wildman–Crippen MR) is 74.9 cm³/mol. The number of nitrogens with two attached hydrogens (primary N) is 1. The smallest absolute Gasteiger partial charge is 0.238 e. The zero-order valence-corrected chi connectivity index (χ0v) is 11.6. The Balaban J connectivity index is 1.87. The molecule has 0 saturated carbocycles. The molecular formula is C15H17N3O2. The van der Waals surface area contributed by atoms with E-state index in [1.807, 2.05) is 12.1 Å². The second kappa shape index (κ2) is 4.76. The first-order valence-electron chi connectivity index (χ1n) is 6.57. The van der Waals surface area contributed by atoms with Crippen LogP contribution in [0.4, 0.5) is 0 Å². The van der Waals surface area contributed by atoms with Crippen molar-refractivity contribution in [1.82, 2.24) is 9.97 Å². The standard InChI is InChI=1S/C15H17N3O2/c1-15(2)6-10-4-3-5-12(14(10)20-15)19-13-9-17-11(7-16)8-18-13/h3-5,8-9H,6-7,16H2,1-2H3. The summed E-state index contributed by atoms with van der Waals surface area (Å²) >= 11 is 0. The zero-order valence-electron chi connectivity index (χ0n) is 11.6. The van der Waals surface area contributed by atoms with Gasteiger partial charge in [0, 0.05) is 18.5 Å². The number of nitrogens with zero attached hydrogens (tertiary/aromatic N) is 2. The summed E-state index contributed by atoms with van der Waals surface area (Å²) < 4.78 is 11.7. The van der Waals surface area contributed by atoms with Gasteiger partial charge in [-0.3, -0.25) is 4.98 Å². The number of ether oxygens (including phenoxy) is 2. The lowest BCUT2D eigenvalue weighted by Gasteiger charge is -2.18. The van der Waals surface area contributed by atoms with E-state index in [1.54, 1.807) is 12.4 Å². The van der Waals surface area contributed by atoms with Crippen molar-refractivity contribution in [3.05, 3.63) is 41.9 Å². The van der Waals surface area contributed by atoms with Crippen LogP contribution in [0.5, 0.6) is 17.4 Å². The zero-order chi connectivity index (χ0) is 14.2. The Morgan fingerprint density at radius 3 is 2.85 bits per heavy atom. The van der Waals surface area contributed by atoms with E-state index in [0.29, 0.717) is 18.2 Å². The minimum atomic E-state index is -0.198. The SMILES string of the molecule is CC1(C)Cc2cccc(Oc3cnc(CN)cn3)c2O1. The Morgan fingerprint density at radius 2 is 2.15 bits per heavy atom. The minimum absolute atomic E-state index is 0.198. The lowest BCUT2D eigenvalue weighted by Crippen LogP contribution is -2.24. The fourth-order valence-electron chi connectivity index (χ4n) is 2.28. The molecule has 0 fully saturated rings. The second-order valence-electron chi connectivity index (χ2n) is 5.44. The Bertz CT molecular complexity index is 624. The molecule has 1 aliphatic rings. The molecule has 0 saturated heterocycles. The quantitative estimate of drug-likeness (QED) is 0.928. The van der Waals surface area contributed by atoms with Gasteiger partial charge in [0.25, 0.3) is 0 Å². The number of para-hydroxylation sites is 1. The molecule has 1 aromatic heterocycles. The average molecular weight is 271 g/mol. The van der Waals surface area contributed by atoms with Gasteiger partial charge in [0.05, 0.1) is 18.1 Å². The monoisotopic (exact) mass is 271 g/mol. The second-order valence-corrected chi connectivity index (χ2v) is 5.44. The molecule has 2 N–H and O–H groups in total. The molecule has 2 aromatic rings. The van der Waals surface area contributed by atoms with Crippen LogP contribution in [0.1, 0.15) is 25.1 Å². The molecule has 0 spiro atoms. The summed E-state index contributed by atoms with van der Waals surface area (Å²) in [7, 11) is 0. The summed E-state index contributed by atoms with van der Waals surface area (Å²) in [5.74, 6) is 1.90. The van der Waals surface area contributed by atoms with Gasteiger partial charge in [-0.25, -0.2) is 4.98 Å². The summed E-state index contributed by atoms with van der Waals surface area (Å²) in [5, 5.41) is 0. The third-order valence-corrected chi connectivity index (χ3v) is 3.16. The summed E-state index contributed by atoms with van der Waals surface area (Å²) in [4.78, 5) is 8.35. The molecule has 0 aliphatic carbocycles. The molecule has 104 valence electrons. The first-order chi connectivity index (χ1) is 9.57. The maximum Gasteiger partial charge on any atom is 0.238 e. The molecule has 2 heterocycles. The molecule has 5 nitrogen and oxygen atoms in total. The topological polar surface area (TPSA) is 70.3 Å². The van der Waals surface area contributed by atoms with E-state index >= 15 is 0 Å². The van der Waals surface area contributed by atoms with Crippen LogP contribution in [-0.2, 0) is 13.0 Å². The highest BCUT2D eigenvalue weighted by Crippen LogP contribution is 2.42. The summed E-state index contributed by atoms with van der Waals surface area (Å²) in [5.41, 5.74) is 7.18. The molecule has 0 unspecified atom stereocenters. The van der Waals surface area contributed by atoms with Crippen molar-refractivity contribution in [3.63, 3.8) is 0 Å². The van der Waals surface area contributed by atoms with Gasteiger partial charge in [-0.1, -0.05) is 12.1 Å². The number of hydrogen-bond acceptors (Lipinski definition) is 5. The first-order valence-corrected chi connectivity index (χ1v) is 6.57. The highest BCUT2D eigenvalue weighted by atomic mass is 16.5. The number of benzene rings is 1. The van der Waals surface area contributed by atoms with Crippen molar-refractivity contribution in [2.45, 2.75) is 32.4 Å². The molecule has 5 heteroatoms. The molecule has 1 aliphatic heterocycles. The van der Waals surface area contributed by atoms with Crippen molar-refractivity contribution in [2.75, 3.05) is 0 Å². The van der Waals surface area contributed by atoms with Gasteiger partial charge in [0.2, 0.25) is 5.88 Å².